The molecule has 3 aromatic carbocycles. The van der Waals surface area contributed by atoms with Crippen molar-refractivity contribution in [3.05, 3.63) is 107 Å². The summed E-state index contributed by atoms with van der Waals surface area (Å²) >= 11 is 0. The molecule has 8 nitrogen and oxygen atoms in total. The predicted octanol–water partition coefficient (Wildman–Crippen LogP) is 5.36. The van der Waals surface area contributed by atoms with Crippen LogP contribution in [-0.4, -0.2) is 33.6 Å². The average Bonchev–Trinajstić information content (AvgIpc) is 3.00. The van der Waals surface area contributed by atoms with Gasteiger partial charge in [-0.05, 0) is 86.7 Å². The van der Waals surface area contributed by atoms with Crippen molar-refractivity contribution in [3.63, 3.8) is 0 Å². The fourth-order valence-electron chi connectivity index (χ4n) is 5.62. The van der Waals surface area contributed by atoms with Crippen molar-refractivity contribution in [2.24, 2.45) is 0 Å². The number of carbonyl (C=O) groups excluding carboxylic acids is 2. The van der Waals surface area contributed by atoms with Crippen molar-refractivity contribution in [1.82, 2.24) is 21.1 Å². The van der Waals surface area contributed by atoms with Crippen molar-refractivity contribution in [2.75, 3.05) is 0 Å². The summed E-state index contributed by atoms with van der Waals surface area (Å²) in [7, 11) is 0. The van der Waals surface area contributed by atoms with Crippen LogP contribution in [0.5, 0.6) is 5.75 Å². The molecule has 1 aliphatic carbocycles. The molecule has 1 aliphatic rings. The van der Waals surface area contributed by atoms with Crippen LogP contribution >= 0.6 is 0 Å². The van der Waals surface area contributed by atoms with E-state index in [0.717, 1.165) is 40.6 Å². The van der Waals surface area contributed by atoms with Crippen LogP contribution in [-0.2, 0) is 17.9 Å². The van der Waals surface area contributed by atoms with E-state index in [1.807, 2.05) is 37.3 Å². The number of amides is 2. The first-order valence-corrected chi connectivity index (χ1v) is 14.1. The molecule has 1 aromatic heterocycles. The van der Waals surface area contributed by atoms with E-state index >= 15 is 0 Å². The number of para-hydroxylation sites is 1. The monoisotopic (exact) mass is 570 g/mol. The summed E-state index contributed by atoms with van der Waals surface area (Å²) in [5.41, 5.74) is 5.23. The van der Waals surface area contributed by atoms with Gasteiger partial charge in [-0.25, -0.2) is 9.87 Å². The molecule has 0 aliphatic heterocycles. The Labute approximate surface area is 244 Å². The van der Waals surface area contributed by atoms with Gasteiger partial charge in [-0.2, -0.15) is 0 Å². The summed E-state index contributed by atoms with van der Waals surface area (Å²) in [6.45, 7) is 2.93. The van der Waals surface area contributed by atoms with E-state index in [-0.39, 0.29) is 24.2 Å². The van der Waals surface area contributed by atoms with Crippen LogP contribution in [0.3, 0.4) is 0 Å². The first-order chi connectivity index (χ1) is 20.3. The van der Waals surface area contributed by atoms with Gasteiger partial charge in [-0.15, -0.1) is 0 Å². The third-order valence-electron chi connectivity index (χ3n) is 7.89. The summed E-state index contributed by atoms with van der Waals surface area (Å²) in [6.07, 6.45) is 2.56. The summed E-state index contributed by atoms with van der Waals surface area (Å²) in [5, 5.41) is 16.8. The molecule has 1 heterocycles. The number of hydrogen-bond acceptors (Lipinski definition) is 6. The van der Waals surface area contributed by atoms with Gasteiger partial charge in [0.15, 0.2) is 0 Å². The minimum Gasteiger partial charge on any atom is -0.489 e. The number of nitrogens with one attached hydrogen (secondary N) is 3. The lowest BCUT2D eigenvalue weighted by atomic mass is 9.76. The number of benzene rings is 3. The number of rotatable bonds is 10. The molecule has 0 radical (unpaired) electrons. The van der Waals surface area contributed by atoms with E-state index in [1.165, 1.54) is 12.1 Å². The third kappa shape index (κ3) is 7.29. The van der Waals surface area contributed by atoms with Crippen LogP contribution in [0.15, 0.2) is 78.9 Å². The van der Waals surface area contributed by atoms with Crippen LogP contribution in [0.2, 0.25) is 0 Å². The molecule has 0 saturated heterocycles. The fraction of sp³-hybridized carbons (Fsp3) is 0.303. The second-order valence-corrected chi connectivity index (χ2v) is 11.0. The number of fused-ring (bicyclic) bond motifs is 1. The largest absolute Gasteiger partial charge is 0.489 e. The normalized spacial score (nSPS) is 18.4. The Balaban J connectivity index is 1.19. The molecule has 0 unspecified atom stereocenters. The van der Waals surface area contributed by atoms with Crippen molar-refractivity contribution >= 4 is 22.7 Å². The Bertz CT molecular complexity index is 1530. The Kier molecular flexibility index (Phi) is 9.09. The predicted molar refractivity (Wildman–Crippen MR) is 157 cm³/mol. The van der Waals surface area contributed by atoms with Gasteiger partial charge in [0.2, 0.25) is 5.91 Å². The zero-order valence-corrected chi connectivity index (χ0v) is 23.5. The Hall–Kier alpha value is -4.34. The second kappa shape index (κ2) is 13.1. The first-order valence-electron chi connectivity index (χ1n) is 14.1. The van der Waals surface area contributed by atoms with E-state index in [9.17, 15) is 19.2 Å². The lowest BCUT2D eigenvalue weighted by Gasteiger charge is -2.40. The van der Waals surface area contributed by atoms with Gasteiger partial charge >= 0.3 is 0 Å². The van der Waals surface area contributed by atoms with Crippen LogP contribution in [0.25, 0.3) is 10.9 Å². The lowest BCUT2D eigenvalue weighted by Crippen LogP contribution is -2.54. The number of halogens is 1. The number of pyridine rings is 1. The topological polar surface area (TPSA) is 113 Å². The third-order valence-corrected chi connectivity index (χ3v) is 7.89. The van der Waals surface area contributed by atoms with Crippen LogP contribution in [0.4, 0.5) is 4.39 Å². The standard InChI is InChI=1S/C33H35FN4O4/c1-22-18-25(29-4-2-3-5-30(29)36-22)21-42-28-12-8-24(9-13-28)32(40)37-33(19-31(39)38-41)16-14-27(15-17-33)35-20-23-6-10-26(34)11-7-23/h2-13,18,27,35,41H,14-17,19-21H2,1H3,(H,37,40)(H,38,39)/t27-,33+. The molecule has 2 amide bonds. The molecule has 9 heteroatoms. The van der Waals surface area contributed by atoms with Gasteiger partial charge < -0.3 is 15.4 Å². The molecule has 0 atom stereocenters. The highest BCUT2D eigenvalue weighted by Crippen LogP contribution is 2.32. The van der Waals surface area contributed by atoms with Crippen molar-refractivity contribution in [1.29, 1.82) is 0 Å². The average molecular weight is 571 g/mol. The smallest absolute Gasteiger partial charge is 0.251 e. The van der Waals surface area contributed by atoms with E-state index in [1.54, 1.807) is 41.9 Å². The Morgan fingerprint density at radius 2 is 1.74 bits per heavy atom. The SMILES string of the molecule is Cc1cc(COc2ccc(C(=O)N[C@]3(CC(=O)NO)CC[C@H](NCc4ccc(F)cc4)CC3)cc2)c2ccccc2n1. The maximum atomic E-state index is 13.3. The maximum Gasteiger partial charge on any atom is 0.251 e. The number of hydroxylamine groups is 1. The number of aryl methyl sites for hydroxylation is 1. The van der Waals surface area contributed by atoms with E-state index in [0.29, 0.717) is 37.3 Å². The zero-order chi connectivity index (χ0) is 29.5. The van der Waals surface area contributed by atoms with Gasteiger partial charge in [-0.1, -0.05) is 30.3 Å². The molecule has 218 valence electrons. The van der Waals surface area contributed by atoms with Gasteiger partial charge in [0.25, 0.3) is 5.91 Å². The highest BCUT2D eigenvalue weighted by atomic mass is 19.1. The Morgan fingerprint density at radius 1 is 1.02 bits per heavy atom. The number of aromatic nitrogens is 1. The molecule has 4 aromatic rings. The van der Waals surface area contributed by atoms with Crippen molar-refractivity contribution in [2.45, 2.75) is 63.8 Å². The van der Waals surface area contributed by atoms with E-state index in [4.69, 9.17) is 4.74 Å². The molecule has 1 fully saturated rings. The highest BCUT2D eigenvalue weighted by molar-refractivity contribution is 5.95. The van der Waals surface area contributed by atoms with Gasteiger partial charge in [-0.3, -0.25) is 19.8 Å². The number of nitrogens with zero attached hydrogens (tertiary/aromatic N) is 1. The molecule has 4 N–H and O–H groups in total. The minimum absolute atomic E-state index is 0.0274. The summed E-state index contributed by atoms with van der Waals surface area (Å²) in [5.74, 6) is -0.473. The highest BCUT2D eigenvalue weighted by Gasteiger charge is 2.38. The van der Waals surface area contributed by atoms with Crippen LogP contribution < -0.4 is 20.9 Å². The molecule has 42 heavy (non-hydrogen) atoms. The van der Waals surface area contributed by atoms with Crippen LogP contribution in [0, 0.1) is 12.7 Å². The number of carbonyl (C=O) groups is 2. The lowest BCUT2D eigenvalue weighted by molar-refractivity contribution is -0.131. The molecule has 5 rings (SSSR count). The van der Waals surface area contributed by atoms with Gasteiger partial charge in [0.1, 0.15) is 18.2 Å². The fourth-order valence-corrected chi connectivity index (χ4v) is 5.62. The number of ether oxygens (including phenoxy) is 1. The molecular weight excluding hydrogens is 535 g/mol. The minimum atomic E-state index is -0.784. The maximum absolute atomic E-state index is 13.3. The second-order valence-electron chi connectivity index (χ2n) is 11.0. The van der Waals surface area contributed by atoms with Crippen molar-refractivity contribution < 1.29 is 23.9 Å². The van der Waals surface area contributed by atoms with Gasteiger partial charge in [0.05, 0.1) is 11.9 Å². The molecule has 1 saturated carbocycles. The zero-order valence-electron chi connectivity index (χ0n) is 23.5. The van der Waals surface area contributed by atoms with Crippen molar-refractivity contribution in [3.8, 4) is 5.75 Å². The molecular formula is C33H35FN4O4. The quantitative estimate of drug-likeness (QED) is 0.151. The molecule has 0 bridgehead atoms. The van der Waals surface area contributed by atoms with E-state index in [2.05, 4.69) is 15.6 Å². The summed E-state index contributed by atoms with van der Waals surface area (Å²) in [4.78, 5) is 30.0. The molecule has 0 spiro atoms. The summed E-state index contributed by atoms with van der Waals surface area (Å²) in [6, 6.07) is 23.4. The van der Waals surface area contributed by atoms with Crippen LogP contribution in [0.1, 0.15) is 59.3 Å². The first kappa shape index (κ1) is 29.2. The summed E-state index contributed by atoms with van der Waals surface area (Å²) < 4.78 is 19.2. The number of hydrogen-bond donors (Lipinski definition) is 4. The van der Waals surface area contributed by atoms with E-state index < -0.39 is 11.4 Å². The van der Waals surface area contributed by atoms with Gasteiger partial charge in [0, 0.05) is 40.3 Å². The Morgan fingerprint density at radius 3 is 2.45 bits per heavy atom.